The summed E-state index contributed by atoms with van der Waals surface area (Å²) in [6.45, 7) is 16.3. The molecule has 0 heterocycles. The van der Waals surface area contributed by atoms with Crippen LogP contribution in [0.2, 0.25) is 0 Å². The summed E-state index contributed by atoms with van der Waals surface area (Å²) < 4.78 is 0. The summed E-state index contributed by atoms with van der Waals surface area (Å²) in [5.74, 6) is 3.44. The molecule has 0 radical (unpaired) electrons. The Hall–Kier alpha value is -1.58. The van der Waals surface area contributed by atoms with Crippen LogP contribution in [0.3, 0.4) is 0 Å². The topological polar surface area (TPSA) is 74.6 Å². The molecule has 0 aromatic carbocycles. The standard InChI is InChI=1S/C39H58O4/c1-8-22-11-13-26-31-24(19-28-36(26,4)15-9-17-38(28,6)34(40)41)25-20-29-37(5,16-10-18-39(29,7)35(42)43)27-14-12-23(21(2)3)33(30(22)31)32(25)27/h8,21,23-31H,9-20H2,1-7H3,(H,40,41)(H,42,43). The third-order valence-electron chi connectivity index (χ3n) is 16.4. The van der Waals surface area contributed by atoms with Gasteiger partial charge in [0.25, 0.3) is 0 Å². The number of rotatable bonds is 3. The highest BCUT2D eigenvalue weighted by molar-refractivity contribution is 5.75. The second-order valence-electron chi connectivity index (χ2n) is 18.0. The van der Waals surface area contributed by atoms with Crippen molar-refractivity contribution < 1.29 is 19.8 Å². The first kappa shape index (κ1) is 30.1. The number of hydrogen-bond acceptors (Lipinski definition) is 2. The molecule has 0 bridgehead atoms. The number of carboxylic acids is 2. The second-order valence-corrected chi connectivity index (χ2v) is 18.0. The van der Waals surface area contributed by atoms with E-state index in [2.05, 4.69) is 54.5 Å². The smallest absolute Gasteiger partial charge is 0.309 e. The van der Waals surface area contributed by atoms with E-state index in [0.717, 1.165) is 57.8 Å². The summed E-state index contributed by atoms with van der Waals surface area (Å²) >= 11 is 0. The molecule has 238 valence electrons. The van der Waals surface area contributed by atoms with E-state index in [1.165, 1.54) is 19.3 Å². The van der Waals surface area contributed by atoms with Crippen LogP contribution in [0.25, 0.3) is 0 Å². The van der Waals surface area contributed by atoms with Crippen molar-refractivity contribution in [2.45, 2.75) is 126 Å². The van der Waals surface area contributed by atoms with Crippen molar-refractivity contribution in [3.05, 3.63) is 22.8 Å². The fraction of sp³-hybridized carbons (Fsp3) is 0.846. The molecule has 0 aromatic rings. The van der Waals surface area contributed by atoms with E-state index in [4.69, 9.17) is 0 Å². The fourth-order valence-electron chi connectivity index (χ4n) is 14.4. The summed E-state index contributed by atoms with van der Waals surface area (Å²) in [6, 6.07) is 0. The Morgan fingerprint density at radius 3 is 2.00 bits per heavy atom. The maximum absolute atomic E-state index is 13.1. The molecular weight excluding hydrogens is 532 g/mol. The lowest BCUT2D eigenvalue weighted by Gasteiger charge is -2.70. The largest absolute Gasteiger partial charge is 0.481 e. The molecule has 7 aliphatic rings. The zero-order valence-electron chi connectivity index (χ0n) is 28.0. The molecule has 43 heavy (non-hydrogen) atoms. The summed E-state index contributed by atoms with van der Waals surface area (Å²) in [5, 5.41) is 21.5. The number of carbonyl (C=O) groups is 2. The van der Waals surface area contributed by atoms with Crippen LogP contribution in [0, 0.1) is 80.8 Å². The highest BCUT2D eigenvalue weighted by atomic mass is 16.4. The Labute approximate surface area is 260 Å². The molecule has 2 N–H and O–H groups in total. The molecule has 13 unspecified atom stereocenters. The molecule has 0 aromatic heterocycles. The van der Waals surface area contributed by atoms with Gasteiger partial charge in [-0.05, 0) is 149 Å². The van der Waals surface area contributed by atoms with E-state index in [-0.39, 0.29) is 22.7 Å². The van der Waals surface area contributed by atoms with Crippen molar-refractivity contribution in [1.29, 1.82) is 0 Å². The molecule has 7 aliphatic carbocycles. The minimum absolute atomic E-state index is 0.0328. The van der Waals surface area contributed by atoms with Gasteiger partial charge in [-0.1, -0.05) is 63.3 Å². The maximum Gasteiger partial charge on any atom is 0.309 e. The molecule has 4 heteroatoms. The van der Waals surface area contributed by atoms with Crippen molar-refractivity contribution in [2.75, 3.05) is 0 Å². The van der Waals surface area contributed by atoms with Crippen molar-refractivity contribution >= 4 is 11.9 Å². The van der Waals surface area contributed by atoms with Crippen molar-refractivity contribution in [3.8, 4) is 0 Å². The molecule has 5 fully saturated rings. The van der Waals surface area contributed by atoms with Crippen LogP contribution in [0.5, 0.6) is 0 Å². The van der Waals surface area contributed by atoms with E-state index >= 15 is 0 Å². The van der Waals surface area contributed by atoms with E-state index < -0.39 is 22.8 Å². The van der Waals surface area contributed by atoms with Gasteiger partial charge in [0.2, 0.25) is 0 Å². The van der Waals surface area contributed by atoms with Gasteiger partial charge < -0.3 is 10.2 Å². The third kappa shape index (κ3) is 3.73. The summed E-state index contributed by atoms with van der Waals surface area (Å²) in [7, 11) is 0. The zero-order valence-corrected chi connectivity index (χ0v) is 28.0. The first-order valence-corrected chi connectivity index (χ1v) is 18.1. The molecule has 7 rings (SSSR count). The maximum atomic E-state index is 13.1. The Morgan fingerprint density at radius 2 is 1.42 bits per heavy atom. The van der Waals surface area contributed by atoms with Gasteiger partial charge in [0.05, 0.1) is 10.8 Å². The number of allylic oxidation sites excluding steroid dienone is 4. The highest BCUT2D eigenvalue weighted by Crippen LogP contribution is 2.75. The van der Waals surface area contributed by atoms with Crippen LogP contribution in [0.15, 0.2) is 22.8 Å². The third-order valence-corrected chi connectivity index (χ3v) is 16.4. The van der Waals surface area contributed by atoms with Gasteiger partial charge in [0, 0.05) is 5.92 Å². The highest BCUT2D eigenvalue weighted by Gasteiger charge is 2.69. The Balaban J connectivity index is 1.47. The van der Waals surface area contributed by atoms with E-state index in [1.807, 2.05) is 5.57 Å². The van der Waals surface area contributed by atoms with Crippen molar-refractivity contribution in [1.82, 2.24) is 0 Å². The van der Waals surface area contributed by atoms with Crippen LogP contribution in [-0.4, -0.2) is 22.2 Å². The lowest BCUT2D eigenvalue weighted by Crippen LogP contribution is -2.64. The van der Waals surface area contributed by atoms with Gasteiger partial charge in [0.15, 0.2) is 0 Å². The van der Waals surface area contributed by atoms with E-state index in [0.29, 0.717) is 47.3 Å². The van der Waals surface area contributed by atoms with Crippen molar-refractivity contribution in [3.63, 3.8) is 0 Å². The first-order chi connectivity index (χ1) is 20.2. The number of fused-ring (bicyclic) bond motifs is 6. The molecule has 4 nitrogen and oxygen atoms in total. The summed E-state index contributed by atoms with van der Waals surface area (Å²) in [4.78, 5) is 26.1. The van der Waals surface area contributed by atoms with Gasteiger partial charge in [-0.3, -0.25) is 9.59 Å². The predicted octanol–water partition coefficient (Wildman–Crippen LogP) is 9.40. The minimum atomic E-state index is -0.672. The lowest BCUT2D eigenvalue weighted by atomic mass is 9.34. The second kappa shape index (κ2) is 9.71. The Bertz CT molecular complexity index is 1280. The normalized spacial score (nSPS) is 53.0. The number of carboxylic acid groups (broad SMARTS) is 2. The van der Waals surface area contributed by atoms with Crippen molar-refractivity contribution in [2.24, 2.45) is 80.8 Å². The predicted molar refractivity (Wildman–Crippen MR) is 170 cm³/mol. The van der Waals surface area contributed by atoms with Gasteiger partial charge in [0.1, 0.15) is 0 Å². The van der Waals surface area contributed by atoms with Gasteiger partial charge in [-0.25, -0.2) is 0 Å². The monoisotopic (exact) mass is 590 g/mol. The molecule has 0 amide bonds. The molecule has 5 saturated carbocycles. The van der Waals surface area contributed by atoms with Crippen LogP contribution < -0.4 is 0 Å². The average Bonchev–Trinajstić information content (AvgIpc) is 2.95. The SMILES string of the molecule is CC=C1CCC2C3C1C1=C4C(CC5C(C)(C(=O)O)CCCC5(C)C4CCC1C(C)C)C3CC1C(C)(C(=O)O)CCCC21C. The van der Waals surface area contributed by atoms with E-state index in [9.17, 15) is 19.8 Å². The zero-order chi connectivity index (χ0) is 30.9. The average molecular weight is 591 g/mol. The van der Waals surface area contributed by atoms with E-state index in [1.54, 1.807) is 11.1 Å². The van der Waals surface area contributed by atoms with Crippen LogP contribution in [0.4, 0.5) is 0 Å². The minimum Gasteiger partial charge on any atom is -0.481 e. The number of aliphatic carboxylic acids is 2. The van der Waals surface area contributed by atoms with Gasteiger partial charge in [-0.15, -0.1) is 0 Å². The quantitative estimate of drug-likeness (QED) is 0.321. The fourth-order valence-corrected chi connectivity index (χ4v) is 14.4. The molecule has 0 saturated heterocycles. The molecule has 0 spiro atoms. The van der Waals surface area contributed by atoms with Gasteiger partial charge in [-0.2, -0.15) is 0 Å². The van der Waals surface area contributed by atoms with Crippen LogP contribution >= 0.6 is 0 Å². The van der Waals surface area contributed by atoms with Crippen LogP contribution in [0.1, 0.15) is 126 Å². The molecular formula is C39H58O4. The Morgan fingerprint density at radius 1 is 0.814 bits per heavy atom. The summed E-state index contributed by atoms with van der Waals surface area (Å²) in [5.41, 5.74) is 4.02. The molecule has 13 atom stereocenters. The summed E-state index contributed by atoms with van der Waals surface area (Å²) in [6.07, 6.45) is 15.2. The molecule has 0 aliphatic heterocycles. The van der Waals surface area contributed by atoms with Crippen LogP contribution in [-0.2, 0) is 9.59 Å². The van der Waals surface area contributed by atoms with Gasteiger partial charge >= 0.3 is 11.9 Å². The lowest BCUT2D eigenvalue weighted by molar-refractivity contribution is -0.191. The number of hydrogen-bond donors (Lipinski definition) is 2. The Kier molecular flexibility index (Phi) is 6.80. The first-order valence-electron chi connectivity index (χ1n) is 18.1.